The maximum atomic E-state index is 12.1. The molecule has 1 aromatic rings. The van der Waals surface area contributed by atoms with Gasteiger partial charge in [0, 0.05) is 13.2 Å². The Bertz CT molecular complexity index is 412. The van der Waals surface area contributed by atoms with Gasteiger partial charge in [-0.2, -0.15) is 0 Å². The molecule has 0 spiro atoms. The highest BCUT2D eigenvalue weighted by Crippen LogP contribution is 2.17. The molecule has 0 aromatic heterocycles. The summed E-state index contributed by atoms with van der Waals surface area (Å²) in [5.74, 6) is 0.560. The van der Waals surface area contributed by atoms with Gasteiger partial charge < -0.3 is 10.1 Å². The van der Waals surface area contributed by atoms with Gasteiger partial charge in [0.05, 0.1) is 12.5 Å². The lowest BCUT2D eigenvalue weighted by Crippen LogP contribution is -2.38. The molecule has 0 saturated carbocycles. The molecule has 0 aliphatic rings. The summed E-state index contributed by atoms with van der Waals surface area (Å²) < 4.78 is 5.03. The van der Waals surface area contributed by atoms with Crippen LogP contribution in [-0.4, -0.2) is 25.7 Å². The zero-order valence-corrected chi connectivity index (χ0v) is 13.3. The van der Waals surface area contributed by atoms with E-state index < -0.39 is 0 Å². The molecule has 3 nitrogen and oxygen atoms in total. The standard InChI is InChI=1S/C17H27NO2/c1-12(2)10-15-6-8-16(9-7-15)14(4)17(19)18-13(3)11-20-5/h6-9,12-14H,10-11H2,1-5H3,(H,18,19)/t13-,14-/m1/s1. The second-order valence-corrected chi connectivity index (χ2v) is 5.93. The molecule has 0 aliphatic heterocycles. The summed E-state index contributed by atoms with van der Waals surface area (Å²) in [7, 11) is 1.64. The van der Waals surface area contributed by atoms with Crippen LogP contribution in [0, 0.1) is 5.92 Å². The number of hydrogen-bond acceptors (Lipinski definition) is 2. The minimum atomic E-state index is -0.137. The van der Waals surface area contributed by atoms with E-state index in [1.807, 2.05) is 13.8 Å². The lowest BCUT2D eigenvalue weighted by Gasteiger charge is -2.17. The molecule has 0 unspecified atom stereocenters. The summed E-state index contributed by atoms with van der Waals surface area (Å²) in [5, 5.41) is 2.96. The zero-order chi connectivity index (χ0) is 15.1. The lowest BCUT2D eigenvalue weighted by molar-refractivity contribution is -0.123. The van der Waals surface area contributed by atoms with Crippen molar-refractivity contribution in [2.24, 2.45) is 5.92 Å². The minimum absolute atomic E-state index is 0.0372. The Morgan fingerprint density at radius 3 is 2.25 bits per heavy atom. The summed E-state index contributed by atoms with van der Waals surface area (Å²) in [6, 6.07) is 8.40. The van der Waals surface area contributed by atoms with Crippen molar-refractivity contribution in [2.75, 3.05) is 13.7 Å². The van der Waals surface area contributed by atoms with Gasteiger partial charge in [0.25, 0.3) is 0 Å². The fourth-order valence-electron chi connectivity index (χ4n) is 2.22. The summed E-state index contributed by atoms with van der Waals surface area (Å²) in [6.07, 6.45) is 1.08. The summed E-state index contributed by atoms with van der Waals surface area (Å²) in [4.78, 5) is 12.1. The smallest absolute Gasteiger partial charge is 0.227 e. The number of carbonyl (C=O) groups is 1. The number of methoxy groups -OCH3 is 1. The van der Waals surface area contributed by atoms with Gasteiger partial charge in [0.2, 0.25) is 5.91 Å². The van der Waals surface area contributed by atoms with Gasteiger partial charge in [-0.15, -0.1) is 0 Å². The SMILES string of the molecule is COC[C@@H](C)NC(=O)[C@H](C)c1ccc(CC(C)C)cc1. The number of hydrogen-bond donors (Lipinski definition) is 1. The maximum absolute atomic E-state index is 12.1. The van der Waals surface area contributed by atoms with E-state index in [0.29, 0.717) is 12.5 Å². The van der Waals surface area contributed by atoms with Crippen molar-refractivity contribution in [3.8, 4) is 0 Å². The summed E-state index contributed by atoms with van der Waals surface area (Å²) in [5.41, 5.74) is 2.38. The van der Waals surface area contributed by atoms with E-state index in [4.69, 9.17) is 4.74 Å². The number of ether oxygens (including phenoxy) is 1. The van der Waals surface area contributed by atoms with Crippen LogP contribution in [0.5, 0.6) is 0 Å². The Balaban J connectivity index is 2.62. The summed E-state index contributed by atoms with van der Waals surface area (Å²) in [6.45, 7) is 8.83. The highest BCUT2D eigenvalue weighted by atomic mass is 16.5. The van der Waals surface area contributed by atoms with E-state index >= 15 is 0 Å². The lowest BCUT2D eigenvalue weighted by atomic mass is 9.96. The van der Waals surface area contributed by atoms with E-state index in [2.05, 4.69) is 43.4 Å². The molecule has 0 saturated heterocycles. The van der Waals surface area contributed by atoms with Crippen LogP contribution >= 0.6 is 0 Å². The largest absolute Gasteiger partial charge is 0.383 e. The third-order valence-corrected chi connectivity index (χ3v) is 3.32. The Morgan fingerprint density at radius 2 is 1.75 bits per heavy atom. The maximum Gasteiger partial charge on any atom is 0.227 e. The molecule has 0 heterocycles. The molecule has 112 valence electrons. The van der Waals surface area contributed by atoms with E-state index in [0.717, 1.165) is 12.0 Å². The van der Waals surface area contributed by atoms with E-state index in [-0.39, 0.29) is 17.9 Å². The van der Waals surface area contributed by atoms with Crippen molar-refractivity contribution in [3.63, 3.8) is 0 Å². The van der Waals surface area contributed by atoms with Crippen LogP contribution in [0.2, 0.25) is 0 Å². The van der Waals surface area contributed by atoms with Crippen LogP contribution in [0.25, 0.3) is 0 Å². The van der Waals surface area contributed by atoms with Gasteiger partial charge in [0.1, 0.15) is 0 Å². The zero-order valence-electron chi connectivity index (χ0n) is 13.3. The van der Waals surface area contributed by atoms with Crippen LogP contribution < -0.4 is 5.32 Å². The first-order valence-corrected chi connectivity index (χ1v) is 7.32. The number of nitrogens with one attached hydrogen (secondary N) is 1. The predicted molar refractivity (Wildman–Crippen MR) is 82.9 cm³/mol. The van der Waals surface area contributed by atoms with E-state index in [1.165, 1.54) is 5.56 Å². The van der Waals surface area contributed by atoms with E-state index in [1.54, 1.807) is 7.11 Å². The van der Waals surface area contributed by atoms with Crippen LogP contribution in [-0.2, 0) is 16.0 Å². The third-order valence-electron chi connectivity index (χ3n) is 3.32. The second kappa shape index (κ2) is 8.05. The quantitative estimate of drug-likeness (QED) is 0.831. The van der Waals surface area contributed by atoms with E-state index in [9.17, 15) is 4.79 Å². The Morgan fingerprint density at radius 1 is 1.15 bits per heavy atom. The molecule has 1 rings (SSSR count). The first kappa shape index (κ1) is 16.7. The van der Waals surface area contributed by atoms with Gasteiger partial charge in [-0.1, -0.05) is 38.1 Å². The Kier molecular flexibility index (Phi) is 6.73. The molecule has 0 aliphatic carbocycles. The molecule has 1 amide bonds. The van der Waals surface area contributed by atoms with Crippen molar-refractivity contribution in [2.45, 2.75) is 46.1 Å². The molecule has 0 fully saturated rings. The third kappa shape index (κ3) is 5.33. The number of benzene rings is 1. The topological polar surface area (TPSA) is 38.3 Å². The molecule has 0 radical (unpaired) electrons. The second-order valence-electron chi connectivity index (χ2n) is 5.93. The monoisotopic (exact) mass is 277 g/mol. The van der Waals surface area contributed by atoms with Crippen LogP contribution in [0.1, 0.15) is 44.7 Å². The fraction of sp³-hybridized carbons (Fsp3) is 0.588. The van der Waals surface area contributed by atoms with Gasteiger partial charge in [-0.3, -0.25) is 4.79 Å². The van der Waals surface area contributed by atoms with Gasteiger partial charge in [0.15, 0.2) is 0 Å². The van der Waals surface area contributed by atoms with Gasteiger partial charge >= 0.3 is 0 Å². The highest BCUT2D eigenvalue weighted by molar-refractivity contribution is 5.83. The normalized spacial score (nSPS) is 14.1. The molecule has 2 atom stereocenters. The molecule has 0 bridgehead atoms. The average molecular weight is 277 g/mol. The fourth-order valence-corrected chi connectivity index (χ4v) is 2.22. The van der Waals surface area contributed by atoms with Crippen molar-refractivity contribution in [3.05, 3.63) is 35.4 Å². The first-order valence-electron chi connectivity index (χ1n) is 7.32. The predicted octanol–water partition coefficient (Wildman–Crippen LogP) is 3.14. The van der Waals surface area contributed by atoms with Crippen LogP contribution in [0.4, 0.5) is 0 Å². The van der Waals surface area contributed by atoms with Crippen LogP contribution in [0.15, 0.2) is 24.3 Å². The Labute approximate surface area is 122 Å². The molecular formula is C17H27NO2. The molecular weight excluding hydrogens is 250 g/mol. The van der Waals surface area contributed by atoms with Crippen molar-refractivity contribution >= 4 is 5.91 Å². The van der Waals surface area contributed by atoms with Gasteiger partial charge in [-0.25, -0.2) is 0 Å². The van der Waals surface area contributed by atoms with Gasteiger partial charge in [-0.05, 0) is 37.3 Å². The Hall–Kier alpha value is -1.35. The molecule has 1 aromatic carbocycles. The average Bonchev–Trinajstić information content (AvgIpc) is 2.38. The summed E-state index contributed by atoms with van der Waals surface area (Å²) >= 11 is 0. The highest BCUT2D eigenvalue weighted by Gasteiger charge is 2.17. The van der Waals surface area contributed by atoms with Crippen molar-refractivity contribution < 1.29 is 9.53 Å². The van der Waals surface area contributed by atoms with Crippen molar-refractivity contribution in [1.82, 2.24) is 5.32 Å². The minimum Gasteiger partial charge on any atom is -0.383 e. The molecule has 3 heteroatoms. The number of amides is 1. The van der Waals surface area contributed by atoms with Crippen LogP contribution in [0.3, 0.4) is 0 Å². The molecule has 20 heavy (non-hydrogen) atoms. The number of carbonyl (C=O) groups excluding carboxylic acids is 1. The first-order chi connectivity index (χ1) is 9.43. The molecule has 1 N–H and O–H groups in total. The van der Waals surface area contributed by atoms with Crippen molar-refractivity contribution in [1.29, 1.82) is 0 Å². The number of rotatable bonds is 7.